The molecule has 1 heterocycles. The van der Waals surface area contributed by atoms with Crippen molar-refractivity contribution >= 4 is 0 Å². The first-order chi connectivity index (χ1) is 7.23. The lowest BCUT2D eigenvalue weighted by molar-refractivity contribution is -0.0949. The van der Waals surface area contributed by atoms with E-state index in [4.69, 9.17) is 4.74 Å². The molecule has 1 rings (SSSR count). The number of nitrogens with one attached hydrogen (secondary N) is 1. The van der Waals surface area contributed by atoms with E-state index in [9.17, 15) is 0 Å². The molecule has 0 aromatic carbocycles. The fourth-order valence-electron chi connectivity index (χ4n) is 2.59. The maximum atomic E-state index is 5.99. The Hall–Kier alpha value is -0.0800. The van der Waals surface area contributed by atoms with E-state index in [1.54, 1.807) is 0 Å². The number of hydrogen-bond acceptors (Lipinski definition) is 2. The lowest BCUT2D eigenvalue weighted by Crippen LogP contribution is -2.52. The van der Waals surface area contributed by atoms with Gasteiger partial charge in [-0.05, 0) is 19.3 Å². The summed E-state index contributed by atoms with van der Waals surface area (Å²) in [5, 5.41) is 3.46. The first-order valence-electron chi connectivity index (χ1n) is 6.57. The van der Waals surface area contributed by atoms with Crippen molar-refractivity contribution in [3.8, 4) is 0 Å². The molecule has 0 aromatic rings. The highest BCUT2D eigenvalue weighted by molar-refractivity contribution is 4.88. The summed E-state index contributed by atoms with van der Waals surface area (Å²) in [7, 11) is 0. The Morgan fingerprint density at radius 2 is 2.13 bits per heavy atom. The molecule has 0 aliphatic carbocycles. The highest BCUT2D eigenvalue weighted by atomic mass is 16.5. The molecule has 1 N–H and O–H groups in total. The Morgan fingerprint density at radius 1 is 1.33 bits per heavy atom. The molecule has 15 heavy (non-hydrogen) atoms. The molecule has 0 amide bonds. The van der Waals surface area contributed by atoms with Crippen molar-refractivity contribution < 1.29 is 4.74 Å². The van der Waals surface area contributed by atoms with Crippen molar-refractivity contribution in [1.82, 2.24) is 5.32 Å². The lowest BCUT2D eigenvalue weighted by atomic mass is 9.82. The van der Waals surface area contributed by atoms with Crippen molar-refractivity contribution in [2.75, 3.05) is 19.7 Å². The van der Waals surface area contributed by atoms with Gasteiger partial charge < -0.3 is 10.1 Å². The van der Waals surface area contributed by atoms with E-state index in [-0.39, 0.29) is 5.60 Å². The molecular formula is C13H27NO. The third-order valence-corrected chi connectivity index (χ3v) is 3.70. The molecule has 2 unspecified atom stereocenters. The van der Waals surface area contributed by atoms with E-state index in [0.717, 1.165) is 25.6 Å². The van der Waals surface area contributed by atoms with Crippen LogP contribution in [0.5, 0.6) is 0 Å². The van der Waals surface area contributed by atoms with Crippen molar-refractivity contribution in [2.45, 2.75) is 58.5 Å². The summed E-state index contributed by atoms with van der Waals surface area (Å²) in [4.78, 5) is 0. The van der Waals surface area contributed by atoms with Gasteiger partial charge in [0.1, 0.15) is 0 Å². The van der Waals surface area contributed by atoms with E-state index < -0.39 is 0 Å². The number of hydrogen-bond donors (Lipinski definition) is 1. The van der Waals surface area contributed by atoms with Gasteiger partial charge in [0.05, 0.1) is 12.2 Å². The molecule has 2 heteroatoms. The Morgan fingerprint density at radius 3 is 2.67 bits per heavy atom. The topological polar surface area (TPSA) is 21.3 Å². The molecule has 0 spiro atoms. The van der Waals surface area contributed by atoms with Crippen LogP contribution in [-0.2, 0) is 4.74 Å². The average Bonchev–Trinajstić information content (AvgIpc) is 2.25. The predicted octanol–water partition coefficient (Wildman–Crippen LogP) is 2.97. The van der Waals surface area contributed by atoms with Gasteiger partial charge in [-0.3, -0.25) is 0 Å². The van der Waals surface area contributed by atoms with E-state index >= 15 is 0 Å². The molecule has 2 atom stereocenters. The van der Waals surface area contributed by atoms with Gasteiger partial charge in [0, 0.05) is 13.1 Å². The molecule has 1 saturated heterocycles. The van der Waals surface area contributed by atoms with Gasteiger partial charge in [-0.1, -0.05) is 39.5 Å². The van der Waals surface area contributed by atoms with Crippen molar-refractivity contribution in [3.63, 3.8) is 0 Å². The summed E-state index contributed by atoms with van der Waals surface area (Å²) < 4.78 is 5.99. The smallest absolute Gasteiger partial charge is 0.0806 e. The molecule has 1 aliphatic rings. The first kappa shape index (κ1) is 13.0. The van der Waals surface area contributed by atoms with E-state index in [1.165, 1.54) is 32.1 Å². The van der Waals surface area contributed by atoms with Crippen LogP contribution in [0.15, 0.2) is 0 Å². The van der Waals surface area contributed by atoms with Crippen LogP contribution >= 0.6 is 0 Å². The van der Waals surface area contributed by atoms with Gasteiger partial charge in [-0.2, -0.15) is 0 Å². The minimum absolute atomic E-state index is 0.0841. The highest BCUT2D eigenvalue weighted by Crippen LogP contribution is 2.30. The molecule has 0 bridgehead atoms. The molecule has 2 nitrogen and oxygen atoms in total. The number of morpholine rings is 1. The maximum Gasteiger partial charge on any atom is 0.0806 e. The van der Waals surface area contributed by atoms with Crippen molar-refractivity contribution in [2.24, 2.45) is 5.92 Å². The van der Waals surface area contributed by atoms with Crippen LogP contribution in [0.4, 0.5) is 0 Å². The zero-order valence-electron chi connectivity index (χ0n) is 10.6. The van der Waals surface area contributed by atoms with Gasteiger partial charge in [-0.15, -0.1) is 0 Å². The van der Waals surface area contributed by atoms with Crippen LogP contribution in [0.2, 0.25) is 0 Å². The van der Waals surface area contributed by atoms with E-state index in [2.05, 4.69) is 26.1 Å². The Bertz CT molecular complexity index is 164. The summed E-state index contributed by atoms with van der Waals surface area (Å²) in [5.74, 6) is 0.719. The summed E-state index contributed by atoms with van der Waals surface area (Å²) in [6, 6.07) is 0. The van der Waals surface area contributed by atoms with Gasteiger partial charge in [0.15, 0.2) is 0 Å². The number of unbranched alkanes of at least 4 members (excludes halogenated alkanes) is 2. The van der Waals surface area contributed by atoms with Crippen molar-refractivity contribution in [1.29, 1.82) is 0 Å². The average molecular weight is 213 g/mol. The zero-order chi connectivity index (χ0) is 11.1. The summed E-state index contributed by atoms with van der Waals surface area (Å²) in [6.07, 6.45) is 6.59. The van der Waals surface area contributed by atoms with Crippen LogP contribution in [0.25, 0.3) is 0 Å². The maximum absolute atomic E-state index is 5.99. The second kappa shape index (κ2) is 6.49. The predicted molar refractivity (Wildman–Crippen MR) is 65.1 cm³/mol. The van der Waals surface area contributed by atoms with E-state index in [0.29, 0.717) is 0 Å². The molecular weight excluding hydrogens is 186 g/mol. The fourth-order valence-corrected chi connectivity index (χ4v) is 2.59. The normalized spacial score (nSPS) is 29.0. The molecule has 0 radical (unpaired) electrons. The van der Waals surface area contributed by atoms with Gasteiger partial charge in [-0.25, -0.2) is 0 Å². The Labute approximate surface area is 94.8 Å². The second-order valence-electron chi connectivity index (χ2n) is 4.94. The van der Waals surface area contributed by atoms with Crippen LogP contribution in [0.3, 0.4) is 0 Å². The first-order valence-corrected chi connectivity index (χ1v) is 6.57. The highest BCUT2D eigenvalue weighted by Gasteiger charge is 2.35. The van der Waals surface area contributed by atoms with E-state index in [1.807, 2.05) is 0 Å². The number of ether oxygens (including phenoxy) is 1. The minimum Gasteiger partial charge on any atom is -0.372 e. The molecule has 1 fully saturated rings. The van der Waals surface area contributed by atoms with Crippen LogP contribution in [0.1, 0.15) is 52.9 Å². The summed E-state index contributed by atoms with van der Waals surface area (Å²) >= 11 is 0. The van der Waals surface area contributed by atoms with Gasteiger partial charge >= 0.3 is 0 Å². The fraction of sp³-hybridized carbons (Fsp3) is 1.00. The SMILES string of the molecule is CCCCCC(CC)C1(C)CNCCO1. The van der Waals surface area contributed by atoms with Crippen LogP contribution in [-0.4, -0.2) is 25.3 Å². The second-order valence-corrected chi connectivity index (χ2v) is 4.94. The zero-order valence-corrected chi connectivity index (χ0v) is 10.6. The quantitative estimate of drug-likeness (QED) is 0.685. The number of rotatable bonds is 6. The van der Waals surface area contributed by atoms with Crippen LogP contribution in [0, 0.1) is 5.92 Å². The van der Waals surface area contributed by atoms with Crippen molar-refractivity contribution in [3.05, 3.63) is 0 Å². The van der Waals surface area contributed by atoms with Gasteiger partial charge in [0.2, 0.25) is 0 Å². The summed E-state index contributed by atoms with van der Waals surface area (Å²) in [6.45, 7) is 9.75. The third-order valence-electron chi connectivity index (χ3n) is 3.70. The standard InChI is InChI=1S/C13H27NO/c1-4-6-7-8-12(5-2)13(3)11-14-9-10-15-13/h12,14H,4-11H2,1-3H3. The lowest BCUT2D eigenvalue weighted by Gasteiger charge is -2.41. The van der Waals surface area contributed by atoms with Gasteiger partial charge in [0.25, 0.3) is 0 Å². The minimum atomic E-state index is 0.0841. The molecule has 90 valence electrons. The molecule has 0 saturated carbocycles. The summed E-state index contributed by atoms with van der Waals surface area (Å²) in [5.41, 5.74) is 0.0841. The molecule has 1 aliphatic heterocycles. The van der Waals surface area contributed by atoms with Crippen LogP contribution < -0.4 is 5.32 Å². The Kier molecular flexibility index (Phi) is 5.62. The molecule has 0 aromatic heterocycles. The third kappa shape index (κ3) is 3.76. The monoisotopic (exact) mass is 213 g/mol. The largest absolute Gasteiger partial charge is 0.372 e. The Balaban J connectivity index is 2.40.